The molecule has 1 unspecified atom stereocenters. The summed E-state index contributed by atoms with van der Waals surface area (Å²) in [7, 11) is 0. The number of hydrogen-bond donors (Lipinski definition) is 1. The highest BCUT2D eigenvalue weighted by atomic mass is 32.1. The molecule has 0 radical (unpaired) electrons. The lowest BCUT2D eigenvalue weighted by Crippen LogP contribution is -2.40. The van der Waals surface area contributed by atoms with Gasteiger partial charge < -0.3 is 4.84 Å². The largest absolute Gasteiger partial charge is 0.379 e. The zero-order valence-corrected chi connectivity index (χ0v) is 13.5. The van der Waals surface area contributed by atoms with E-state index >= 15 is 0 Å². The molecule has 1 aromatic carbocycles. The molecule has 23 heavy (non-hydrogen) atoms. The summed E-state index contributed by atoms with van der Waals surface area (Å²) < 4.78 is 13.0. The number of nitrogens with zero attached hydrogens (tertiary/aromatic N) is 3. The Morgan fingerprint density at radius 1 is 1.39 bits per heavy atom. The van der Waals surface area contributed by atoms with Crippen LogP contribution in [0.2, 0.25) is 0 Å². The number of rotatable bonds is 4. The van der Waals surface area contributed by atoms with E-state index in [0.29, 0.717) is 17.3 Å². The number of halogens is 1. The number of nitrogens with one attached hydrogen (secondary N) is 1. The van der Waals surface area contributed by atoms with E-state index in [2.05, 4.69) is 20.7 Å². The molecule has 0 bridgehead atoms. The highest BCUT2D eigenvalue weighted by molar-refractivity contribution is 7.15. The van der Waals surface area contributed by atoms with Gasteiger partial charge in [0.05, 0.1) is 5.71 Å². The Balaban J connectivity index is 1.69. The first-order chi connectivity index (χ1) is 11.0. The van der Waals surface area contributed by atoms with Gasteiger partial charge in [0, 0.05) is 6.42 Å². The Morgan fingerprint density at radius 2 is 2.13 bits per heavy atom. The van der Waals surface area contributed by atoms with E-state index in [1.807, 2.05) is 6.92 Å². The minimum absolute atomic E-state index is 0.296. The zero-order chi connectivity index (χ0) is 16.4. The van der Waals surface area contributed by atoms with E-state index in [0.717, 1.165) is 17.0 Å². The number of carbonyl (C=O) groups is 1. The second-order valence-electron chi connectivity index (χ2n) is 5.35. The fourth-order valence-corrected chi connectivity index (χ4v) is 2.81. The van der Waals surface area contributed by atoms with Crippen LogP contribution in [0, 0.1) is 5.82 Å². The zero-order valence-electron chi connectivity index (χ0n) is 12.7. The molecule has 6 nitrogen and oxygen atoms in total. The van der Waals surface area contributed by atoms with Crippen molar-refractivity contribution in [3.8, 4) is 0 Å². The molecule has 2 heterocycles. The second kappa shape index (κ2) is 6.04. The molecule has 0 spiro atoms. The van der Waals surface area contributed by atoms with Crippen LogP contribution in [0.3, 0.4) is 0 Å². The van der Waals surface area contributed by atoms with Crippen LogP contribution in [0.25, 0.3) is 0 Å². The van der Waals surface area contributed by atoms with Crippen LogP contribution in [0.5, 0.6) is 0 Å². The van der Waals surface area contributed by atoms with Crippen LogP contribution in [-0.2, 0) is 16.1 Å². The predicted octanol–water partition coefficient (Wildman–Crippen LogP) is 2.76. The molecule has 120 valence electrons. The van der Waals surface area contributed by atoms with Gasteiger partial charge in [-0.3, -0.25) is 10.1 Å². The van der Waals surface area contributed by atoms with Crippen LogP contribution >= 0.6 is 11.3 Å². The van der Waals surface area contributed by atoms with Gasteiger partial charge in [0.25, 0.3) is 5.91 Å². The van der Waals surface area contributed by atoms with Crippen molar-refractivity contribution in [1.29, 1.82) is 0 Å². The van der Waals surface area contributed by atoms with E-state index < -0.39 is 5.60 Å². The van der Waals surface area contributed by atoms with E-state index in [4.69, 9.17) is 4.84 Å². The maximum Gasteiger partial charge on any atom is 0.273 e. The van der Waals surface area contributed by atoms with Crippen molar-refractivity contribution in [2.24, 2.45) is 5.16 Å². The van der Waals surface area contributed by atoms with E-state index in [1.54, 1.807) is 19.1 Å². The van der Waals surface area contributed by atoms with Crippen LogP contribution in [-0.4, -0.2) is 27.4 Å². The third-order valence-corrected chi connectivity index (χ3v) is 4.49. The quantitative estimate of drug-likeness (QED) is 0.933. The molecule has 0 saturated carbocycles. The van der Waals surface area contributed by atoms with E-state index in [9.17, 15) is 9.18 Å². The Morgan fingerprint density at radius 3 is 2.78 bits per heavy atom. The molecule has 8 heteroatoms. The van der Waals surface area contributed by atoms with Crippen molar-refractivity contribution < 1.29 is 14.0 Å². The van der Waals surface area contributed by atoms with Gasteiger partial charge in [-0.1, -0.05) is 35.5 Å². The van der Waals surface area contributed by atoms with Crippen molar-refractivity contribution in [3.05, 3.63) is 40.7 Å². The third-order valence-electron chi connectivity index (χ3n) is 3.51. The minimum Gasteiger partial charge on any atom is -0.379 e. The normalized spacial score (nSPS) is 20.0. The average molecular weight is 334 g/mol. The summed E-state index contributed by atoms with van der Waals surface area (Å²) in [4.78, 5) is 17.8. The van der Waals surface area contributed by atoms with Crippen LogP contribution in [0.4, 0.5) is 9.52 Å². The molecule has 1 amide bonds. The van der Waals surface area contributed by atoms with Crippen molar-refractivity contribution in [1.82, 2.24) is 10.2 Å². The first-order valence-electron chi connectivity index (χ1n) is 7.15. The number of aryl methyl sites for hydroxylation is 1. The van der Waals surface area contributed by atoms with Gasteiger partial charge in [0.1, 0.15) is 10.8 Å². The molecule has 1 aliphatic heterocycles. The Hall–Kier alpha value is -2.35. The van der Waals surface area contributed by atoms with Gasteiger partial charge in [0.15, 0.2) is 0 Å². The van der Waals surface area contributed by atoms with Crippen molar-refractivity contribution >= 4 is 28.1 Å². The highest BCUT2D eigenvalue weighted by Gasteiger charge is 2.42. The molecule has 2 aromatic rings. The summed E-state index contributed by atoms with van der Waals surface area (Å²) in [6.45, 7) is 3.63. The molecular weight excluding hydrogens is 319 g/mol. The topological polar surface area (TPSA) is 76.5 Å². The number of amides is 1. The summed E-state index contributed by atoms with van der Waals surface area (Å²) in [5.41, 5.74) is 0.211. The molecular formula is C15H15FN4O2S. The number of aromatic nitrogens is 2. The van der Waals surface area contributed by atoms with Gasteiger partial charge >= 0.3 is 0 Å². The number of hydrogen-bond acceptors (Lipinski definition) is 6. The Kier molecular flexibility index (Phi) is 4.08. The van der Waals surface area contributed by atoms with Crippen molar-refractivity contribution in [2.45, 2.75) is 32.3 Å². The molecule has 1 N–H and O–H groups in total. The minimum atomic E-state index is -1.12. The summed E-state index contributed by atoms with van der Waals surface area (Å²) in [5, 5.41) is 15.8. The van der Waals surface area contributed by atoms with Gasteiger partial charge in [0.2, 0.25) is 10.7 Å². The molecule has 3 rings (SSSR count). The summed E-state index contributed by atoms with van der Waals surface area (Å²) in [6, 6.07) is 5.92. The first kappa shape index (κ1) is 15.5. The fourth-order valence-electron chi connectivity index (χ4n) is 2.14. The average Bonchev–Trinajstić information content (AvgIpc) is 3.15. The second-order valence-corrected chi connectivity index (χ2v) is 6.41. The molecule has 1 aliphatic rings. The van der Waals surface area contributed by atoms with Crippen LogP contribution < -0.4 is 5.32 Å². The maximum atomic E-state index is 13.0. The lowest BCUT2D eigenvalue weighted by atomic mass is 9.95. The Labute approximate surface area is 136 Å². The molecule has 0 aliphatic carbocycles. The maximum absolute atomic E-state index is 13.0. The molecule has 1 atom stereocenters. The number of benzene rings is 1. The van der Waals surface area contributed by atoms with Gasteiger partial charge in [-0.2, -0.15) is 0 Å². The number of oxime groups is 1. The monoisotopic (exact) mass is 334 g/mol. The first-order valence-corrected chi connectivity index (χ1v) is 7.96. The lowest BCUT2D eigenvalue weighted by molar-refractivity contribution is -0.135. The fraction of sp³-hybridized carbons (Fsp3) is 0.333. The van der Waals surface area contributed by atoms with Crippen LogP contribution in [0.15, 0.2) is 29.4 Å². The predicted molar refractivity (Wildman–Crippen MR) is 85.0 cm³/mol. The molecule has 0 fully saturated rings. The standard InChI is InChI=1S/C15H15FN4O2S/c1-3-12-18-19-14(23-12)17-13(21)15(2)8-11(20-22-15)9-4-6-10(16)7-5-9/h4-7H,3,8H2,1-2H3,(H,17,19,21). The smallest absolute Gasteiger partial charge is 0.273 e. The summed E-state index contributed by atoms with van der Waals surface area (Å²) in [6.07, 6.45) is 1.06. The van der Waals surface area contributed by atoms with Crippen molar-refractivity contribution in [2.75, 3.05) is 5.32 Å². The molecule has 0 saturated heterocycles. The third kappa shape index (κ3) is 3.21. The van der Waals surface area contributed by atoms with E-state index in [1.165, 1.54) is 23.5 Å². The number of carbonyl (C=O) groups excluding carboxylic acids is 1. The lowest BCUT2D eigenvalue weighted by Gasteiger charge is -2.19. The van der Waals surface area contributed by atoms with E-state index in [-0.39, 0.29) is 11.7 Å². The molecule has 1 aromatic heterocycles. The summed E-state index contributed by atoms with van der Waals surface area (Å²) >= 11 is 1.33. The van der Waals surface area contributed by atoms with Gasteiger partial charge in [-0.05, 0) is 31.0 Å². The van der Waals surface area contributed by atoms with Gasteiger partial charge in [-0.15, -0.1) is 10.2 Å². The SMILES string of the molecule is CCc1nnc(NC(=O)C2(C)CC(c3ccc(F)cc3)=NO2)s1. The number of anilines is 1. The van der Waals surface area contributed by atoms with Gasteiger partial charge in [-0.25, -0.2) is 4.39 Å². The van der Waals surface area contributed by atoms with Crippen molar-refractivity contribution in [3.63, 3.8) is 0 Å². The highest BCUT2D eigenvalue weighted by Crippen LogP contribution is 2.28. The van der Waals surface area contributed by atoms with Crippen LogP contribution in [0.1, 0.15) is 30.8 Å². The summed E-state index contributed by atoms with van der Waals surface area (Å²) in [5.74, 6) is -0.658. The Bertz CT molecular complexity index is 759.